The van der Waals surface area contributed by atoms with Crippen LogP contribution in [-0.4, -0.2) is 60.1 Å². The second-order valence-electron chi connectivity index (χ2n) is 5.93. The van der Waals surface area contributed by atoms with Crippen molar-refractivity contribution < 1.29 is 9.90 Å². The lowest BCUT2D eigenvalue weighted by Gasteiger charge is -2.29. The molecular formula is C16H24N2O2. The Morgan fingerprint density at radius 3 is 2.65 bits per heavy atom. The summed E-state index contributed by atoms with van der Waals surface area (Å²) in [7, 11) is 3.99. The fourth-order valence-electron chi connectivity index (χ4n) is 2.89. The molecule has 1 heterocycles. The van der Waals surface area contributed by atoms with Gasteiger partial charge in [-0.2, -0.15) is 0 Å². The van der Waals surface area contributed by atoms with Crippen molar-refractivity contribution in [1.29, 1.82) is 0 Å². The third-order valence-corrected chi connectivity index (χ3v) is 3.92. The molecule has 1 aromatic carbocycles. The number of hydrogen-bond donors (Lipinski definition) is 1. The monoisotopic (exact) mass is 276 g/mol. The first-order valence-electron chi connectivity index (χ1n) is 7.17. The summed E-state index contributed by atoms with van der Waals surface area (Å²) in [5, 5.41) is 9.87. The number of likely N-dealkylation sites (tertiary alicyclic amines) is 1. The molecular weight excluding hydrogens is 252 g/mol. The predicted molar refractivity (Wildman–Crippen MR) is 79.5 cm³/mol. The van der Waals surface area contributed by atoms with Crippen LogP contribution in [0.3, 0.4) is 0 Å². The van der Waals surface area contributed by atoms with Crippen molar-refractivity contribution in [2.45, 2.75) is 31.4 Å². The Bertz CT molecular complexity index is 447. The number of aliphatic hydroxyl groups excluding tert-OH is 1. The Labute approximate surface area is 121 Å². The average molecular weight is 276 g/mol. The average Bonchev–Trinajstić information content (AvgIpc) is 2.78. The molecule has 110 valence electrons. The number of nitrogens with zero attached hydrogens (tertiary/aromatic N) is 2. The lowest BCUT2D eigenvalue weighted by molar-refractivity contribution is -0.133. The number of carbonyl (C=O) groups excluding carboxylic acids is 1. The molecule has 0 spiro atoms. The van der Waals surface area contributed by atoms with Gasteiger partial charge in [0.25, 0.3) is 0 Å². The number of aliphatic hydroxyl groups is 1. The smallest absolute Gasteiger partial charge is 0.230 e. The number of carbonyl (C=O) groups is 1. The quantitative estimate of drug-likeness (QED) is 0.902. The molecule has 1 aromatic rings. The number of hydrogen-bond acceptors (Lipinski definition) is 3. The normalized spacial score (nSPS) is 24.1. The first-order valence-corrected chi connectivity index (χ1v) is 7.17. The van der Waals surface area contributed by atoms with Crippen LogP contribution in [0.4, 0.5) is 0 Å². The zero-order valence-corrected chi connectivity index (χ0v) is 12.5. The number of amides is 1. The zero-order chi connectivity index (χ0) is 14.7. The molecule has 0 aromatic heterocycles. The van der Waals surface area contributed by atoms with Crippen LogP contribution in [0.2, 0.25) is 0 Å². The third-order valence-electron chi connectivity index (χ3n) is 3.92. The van der Waals surface area contributed by atoms with Gasteiger partial charge in [-0.3, -0.25) is 4.79 Å². The number of β-amino-alcohol motifs (C(OH)–C–C–N with tert-alkyl or cyclic N) is 1. The van der Waals surface area contributed by atoms with Gasteiger partial charge < -0.3 is 14.9 Å². The van der Waals surface area contributed by atoms with Gasteiger partial charge in [-0.25, -0.2) is 0 Å². The van der Waals surface area contributed by atoms with Gasteiger partial charge in [0.1, 0.15) is 0 Å². The summed E-state index contributed by atoms with van der Waals surface area (Å²) in [4.78, 5) is 16.6. The minimum Gasteiger partial charge on any atom is -0.391 e. The second-order valence-corrected chi connectivity index (χ2v) is 5.93. The van der Waals surface area contributed by atoms with E-state index in [0.29, 0.717) is 13.0 Å². The topological polar surface area (TPSA) is 43.8 Å². The lowest BCUT2D eigenvalue weighted by Crippen LogP contribution is -2.43. The highest BCUT2D eigenvalue weighted by Gasteiger charge is 2.36. The van der Waals surface area contributed by atoms with E-state index in [2.05, 4.69) is 4.90 Å². The molecule has 1 amide bonds. The Morgan fingerprint density at radius 2 is 2.05 bits per heavy atom. The van der Waals surface area contributed by atoms with E-state index in [-0.39, 0.29) is 17.9 Å². The van der Waals surface area contributed by atoms with Crippen LogP contribution in [0.15, 0.2) is 30.3 Å². The van der Waals surface area contributed by atoms with Crippen LogP contribution >= 0.6 is 0 Å². The Morgan fingerprint density at radius 1 is 1.40 bits per heavy atom. The molecule has 20 heavy (non-hydrogen) atoms. The second kappa shape index (κ2) is 6.37. The summed E-state index contributed by atoms with van der Waals surface area (Å²) in [6.45, 7) is 3.19. The van der Waals surface area contributed by atoms with Gasteiger partial charge in [-0.15, -0.1) is 0 Å². The Kier molecular flexibility index (Phi) is 4.78. The molecule has 1 fully saturated rings. The van der Waals surface area contributed by atoms with Crippen LogP contribution in [0.5, 0.6) is 0 Å². The maximum absolute atomic E-state index is 12.7. The summed E-state index contributed by atoms with van der Waals surface area (Å²) in [6, 6.07) is 9.93. The van der Waals surface area contributed by atoms with E-state index in [9.17, 15) is 9.90 Å². The molecule has 3 unspecified atom stereocenters. The van der Waals surface area contributed by atoms with E-state index in [1.165, 1.54) is 0 Å². The van der Waals surface area contributed by atoms with Crippen molar-refractivity contribution >= 4 is 5.91 Å². The van der Waals surface area contributed by atoms with Gasteiger partial charge >= 0.3 is 0 Å². The maximum Gasteiger partial charge on any atom is 0.230 e. The van der Waals surface area contributed by atoms with Gasteiger partial charge in [-0.05, 0) is 33.0 Å². The minimum atomic E-state index is -0.396. The summed E-state index contributed by atoms with van der Waals surface area (Å²) < 4.78 is 0. The Balaban J connectivity index is 2.10. The molecule has 4 nitrogen and oxygen atoms in total. The molecule has 1 saturated heterocycles. The molecule has 0 bridgehead atoms. The van der Waals surface area contributed by atoms with E-state index < -0.39 is 6.10 Å². The van der Waals surface area contributed by atoms with Crippen LogP contribution in [0.25, 0.3) is 0 Å². The highest BCUT2D eigenvalue weighted by Crippen LogP contribution is 2.25. The fraction of sp³-hybridized carbons (Fsp3) is 0.562. The first kappa shape index (κ1) is 15.0. The molecule has 3 atom stereocenters. The summed E-state index contributed by atoms with van der Waals surface area (Å²) >= 11 is 0. The predicted octanol–water partition coefficient (Wildman–Crippen LogP) is 1.31. The van der Waals surface area contributed by atoms with E-state index in [0.717, 1.165) is 12.1 Å². The molecule has 4 heteroatoms. The van der Waals surface area contributed by atoms with Gasteiger partial charge in [0, 0.05) is 19.1 Å². The van der Waals surface area contributed by atoms with E-state index in [1.807, 2.05) is 56.3 Å². The maximum atomic E-state index is 12.7. The van der Waals surface area contributed by atoms with Gasteiger partial charge in [-0.1, -0.05) is 30.3 Å². The summed E-state index contributed by atoms with van der Waals surface area (Å²) in [6.07, 6.45) is 0.276. The van der Waals surface area contributed by atoms with Gasteiger partial charge in [0.2, 0.25) is 5.91 Å². The number of likely N-dealkylation sites (N-methyl/N-ethyl adjacent to an activating group) is 1. The van der Waals surface area contributed by atoms with Crippen LogP contribution in [-0.2, 0) is 4.79 Å². The van der Waals surface area contributed by atoms with E-state index >= 15 is 0 Å². The van der Waals surface area contributed by atoms with Crippen molar-refractivity contribution in [3.05, 3.63) is 35.9 Å². The summed E-state index contributed by atoms with van der Waals surface area (Å²) in [5.74, 6) is -0.0502. The zero-order valence-electron chi connectivity index (χ0n) is 12.5. The SMILES string of the molecule is CC(C(=O)N1CC(O)CC1CN(C)C)c1ccccc1. The number of rotatable bonds is 4. The standard InChI is InChI=1S/C16H24N2O2/c1-12(13-7-5-4-6-8-13)16(20)18-11-15(19)9-14(18)10-17(2)3/h4-8,12,14-15,19H,9-11H2,1-3H3. The molecule has 0 radical (unpaired) electrons. The molecule has 2 rings (SSSR count). The van der Waals surface area contributed by atoms with Crippen molar-refractivity contribution in [2.75, 3.05) is 27.2 Å². The van der Waals surface area contributed by atoms with Crippen molar-refractivity contribution in [1.82, 2.24) is 9.80 Å². The molecule has 1 aliphatic heterocycles. The first-order chi connectivity index (χ1) is 9.49. The molecule has 0 aliphatic carbocycles. The van der Waals surface area contributed by atoms with Gasteiger partial charge in [0.15, 0.2) is 0 Å². The van der Waals surface area contributed by atoms with E-state index in [1.54, 1.807) is 0 Å². The Hall–Kier alpha value is -1.39. The minimum absolute atomic E-state index is 0.110. The van der Waals surface area contributed by atoms with Crippen LogP contribution < -0.4 is 0 Å². The lowest BCUT2D eigenvalue weighted by atomic mass is 9.99. The largest absolute Gasteiger partial charge is 0.391 e. The van der Waals surface area contributed by atoms with Crippen LogP contribution in [0.1, 0.15) is 24.8 Å². The summed E-state index contributed by atoms with van der Waals surface area (Å²) in [5.41, 5.74) is 1.03. The molecule has 0 saturated carbocycles. The van der Waals surface area contributed by atoms with Crippen molar-refractivity contribution in [3.63, 3.8) is 0 Å². The third kappa shape index (κ3) is 3.38. The molecule has 1 aliphatic rings. The molecule has 1 N–H and O–H groups in total. The van der Waals surface area contributed by atoms with E-state index in [4.69, 9.17) is 0 Å². The van der Waals surface area contributed by atoms with Crippen molar-refractivity contribution in [3.8, 4) is 0 Å². The highest BCUT2D eigenvalue weighted by molar-refractivity contribution is 5.84. The fourth-order valence-corrected chi connectivity index (χ4v) is 2.89. The van der Waals surface area contributed by atoms with Crippen LogP contribution in [0, 0.1) is 0 Å². The highest BCUT2D eigenvalue weighted by atomic mass is 16.3. The van der Waals surface area contributed by atoms with Crippen molar-refractivity contribution in [2.24, 2.45) is 0 Å². The number of benzene rings is 1. The van der Waals surface area contributed by atoms with Gasteiger partial charge in [0.05, 0.1) is 12.0 Å².